The van der Waals surface area contributed by atoms with Crippen LogP contribution in [0.25, 0.3) is 0 Å². The molecule has 0 aliphatic heterocycles. The Bertz CT molecular complexity index is 488. The molecule has 0 N–H and O–H groups in total. The number of esters is 2. The van der Waals surface area contributed by atoms with Crippen molar-refractivity contribution in [3.05, 3.63) is 0 Å². The topological polar surface area (TPSA) is 52.6 Å². The highest BCUT2D eigenvalue weighted by Gasteiger charge is 2.06. The first kappa shape index (κ1) is 18.2. The van der Waals surface area contributed by atoms with Gasteiger partial charge in [-0.2, -0.15) is 0 Å². The molecule has 0 saturated heterocycles. The Morgan fingerprint density at radius 1 is 0.762 bits per heavy atom. The Balaban J connectivity index is 3.68. The van der Waals surface area contributed by atoms with Crippen molar-refractivity contribution in [2.45, 2.75) is 44.9 Å². The molecule has 0 rings (SSSR count). The van der Waals surface area contributed by atoms with Gasteiger partial charge in [0.25, 0.3) is 0 Å². The van der Waals surface area contributed by atoms with E-state index in [9.17, 15) is 9.59 Å². The second kappa shape index (κ2) is 13.6. The van der Waals surface area contributed by atoms with Crippen molar-refractivity contribution in [3.63, 3.8) is 0 Å². The molecule has 4 nitrogen and oxygen atoms in total. The van der Waals surface area contributed by atoms with Gasteiger partial charge >= 0.3 is 11.9 Å². The number of carbonyl (C=O) groups is 2. The van der Waals surface area contributed by atoms with Crippen LogP contribution in [-0.4, -0.2) is 11.9 Å². The maximum Gasteiger partial charge on any atom is 0.319 e. The number of rotatable bonds is 6. The largest absolute Gasteiger partial charge is 0.372 e. The molecule has 108 valence electrons. The minimum atomic E-state index is -0.490. The first-order valence-corrected chi connectivity index (χ1v) is 6.42. The van der Waals surface area contributed by atoms with Gasteiger partial charge in [0, 0.05) is 38.5 Å². The van der Waals surface area contributed by atoms with Crippen LogP contribution in [-0.2, 0) is 19.1 Å². The zero-order chi connectivity index (χ0) is 15.8. The molecule has 0 atom stereocenters. The third-order valence-electron chi connectivity index (χ3n) is 2.02. The van der Waals surface area contributed by atoms with E-state index in [0.29, 0.717) is 32.1 Å². The van der Waals surface area contributed by atoms with E-state index in [1.54, 1.807) is 0 Å². The van der Waals surface area contributed by atoms with E-state index in [1.165, 1.54) is 0 Å². The van der Waals surface area contributed by atoms with E-state index in [-0.39, 0.29) is 12.8 Å². The average Bonchev–Trinajstić information content (AvgIpc) is 2.47. The summed E-state index contributed by atoms with van der Waals surface area (Å²) in [5, 5.41) is 0. The SMILES string of the molecule is C#CCCC#COC(=O)CCCC(=O)OC#CCCC#C. The zero-order valence-electron chi connectivity index (χ0n) is 11.7. The second-order valence-corrected chi connectivity index (χ2v) is 3.77. The Kier molecular flexibility index (Phi) is 11.8. The van der Waals surface area contributed by atoms with Crippen LogP contribution in [0.5, 0.6) is 0 Å². The van der Waals surface area contributed by atoms with Crippen molar-refractivity contribution < 1.29 is 19.1 Å². The number of unbranched alkanes of at least 4 members (excludes halogenated alkanes) is 2. The lowest BCUT2D eigenvalue weighted by Crippen LogP contribution is -2.04. The van der Waals surface area contributed by atoms with Gasteiger partial charge in [0.05, 0.1) is 0 Å². The van der Waals surface area contributed by atoms with Gasteiger partial charge in [0.15, 0.2) is 0 Å². The van der Waals surface area contributed by atoms with Crippen LogP contribution in [0.1, 0.15) is 44.9 Å². The van der Waals surface area contributed by atoms with Crippen molar-refractivity contribution in [2.75, 3.05) is 0 Å². The average molecular weight is 284 g/mol. The predicted molar refractivity (Wildman–Crippen MR) is 77.7 cm³/mol. The Morgan fingerprint density at radius 3 is 1.57 bits per heavy atom. The van der Waals surface area contributed by atoms with Crippen LogP contribution in [0.3, 0.4) is 0 Å². The number of hydrogen-bond acceptors (Lipinski definition) is 4. The maximum absolute atomic E-state index is 11.2. The summed E-state index contributed by atoms with van der Waals surface area (Å²) in [4.78, 5) is 22.5. The molecule has 4 heteroatoms. The van der Waals surface area contributed by atoms with E-state index in [0.717, 1.165) is 0 Å². The molecule has 0 bridgehead atoms. The molecule has 0 amide bonds. The van der Waals surface area contributed by atoms with Crippen molar-refractivity contribution in [1.82, 2.24) is 0 Å². The summed E-state index contributed by atoms with van der Waals surface area (Å²) in [6, 6.07) is 0. The molecule has 0 aromatic heterocycles. The van der Waals surface area contributed by atoms with E-state index < -0.39 is 11.9 Å². The lowest BCUT2D eigenvalue weighted by atomic mass is 10.2. The van der Waals surface area contributed by atoms with Gasteiger partial charge in [-0.1, -0.05) is 11.8 Å². The minimum absolute atomic E-state index is 0.0867. The van der Waals surface area contributed by atoms with Crippen LogP contribution in [0, 0.1) is 48.7 Å². The monoisotopic (exact) mass is 284 g/mol. The normalized spacial score (nSPS) is 7.90. The zero-order valence-corrected chi connectivity index (χ0v) is 11.7. The minimum Gasteiger partial charge on any atom is -0.372 e. The molecule has 0 spiro atoms. The van der Waals surface area contributed by atoms with Crippen LogP contribution < -0.4 is 0 Å². The lowest BCUT2D eigenvalue weighted by molar-refractivity contribution is -0.138. The lowest BCUT2D eigenvalue weighted by Gasteiger charge is -1.96. The molecule has 0 heterocycles. The first-order valence-electron chi connectivity index (χ1n) is 6.42. The van der Waals surface area contributed by atoms with Gasteiger partial charge in [0.2, 0.25) is 0 Å². The van der Waals surface area contributed by atoms with Crippen LogP contribution in [0.4, 0.5) is 0 Å². The summed E-state index contributed by atoms with van der Waals surface area (Å²) in [6.07, 6.45) is 17.1. The molecule has 0 fully saturated rings. The molecular formula is C17H16O4. The number of hydrogen-bond donors (Lipinski definition) is 0. The first-order chi connectivity index (χ1) is 10.2. The second-order valence-electron chi connectivity index (χ2n) is 3.77. The fourth-order valence-corrected chi connectivity index (χ4v) is 1.04. The molecule has 0 radical (unpaired) electrons. The van der Waals surface area contributed by atoms with Gasteiger partial charge in [-0.05, 0) is 6.42 Å². The van der Waals surface area contributed by atoms with E-state index in [1.807, 2.05) is 0 Å². The summed E-state index contributed by atoms with van der Waals surface area (Å²) >= 11 is 0. The molecular weight excluding hydrogens is 268 g/mol. The Hall–Kier alpha value is -2.82. The van der Waals surface area contributed by atoms with Gasteiger partial charge in [0.1, 0.15) is 12.2 Å². The summed E-state index contributed by atoms with van der Waals surface area (Å²) < 4.78 is 9.26. The van der Waals surface area contributed by atoms with Gasteiger partial charge < -0.3 is 9.47 Å². The van der Waals surface area contributed by atoms with E-state index >= 15 is 0 Å². The number of ether oxygens (including phenoxy) is 2. The molecule has 0 aromatic rings. The highest BCUT2D eigenvalue weighted by Crippen LogP contribution is 1.99. The van der Waals surface area contributed by atoms with E-state index in [2.05, 4.69) is 45.4 Å². The highest BCUT2D eigenvalue weighted by atomic mass is 16.5. The summed E-state index contributed by atoms with van der Waals surface area (Å²) in [5.41, 5.74) is 0. The molecule has 0 saturated carbocycles. The molecule has 0 aliphatic carbocycles. The molecule has 0 aliphatic rings. The highest BCUT2D eigenvalue weighted by molar-refractivity contribution is 5.73. The van der Waals surface area contributed by atoms with Gasteiger partial charge in [-0.3, -0.25) is 9.59 Å². The van der Waals surface area contributed by atoms with E-state index in [4.69, 9.17) is 12.8 Å². The Morgan fingerprint density at radius 2 is 1.19 bits per heavy atom. The quantitative estimate of drug-likeness (QED) is 0.425. The predicted octanol–water partition coefficient (Wildman–Crippen LogP) is 1.99. The van der Waals surface area contributed by atoms with Gasteiger partial charge in [-0.15, -0.1) is 24.7 Å². The Labute approximate surface area is 125 Å². The molecule has 0 unspecified atom stereocenters. The summed E-state index contributed by atoms with van der Waals surface area (Å²) in [6.45, 7) is 0. The summed E-state index contributed by atoms with van der Waals surface area (Å²) in [5.74, 6) is 9.05. The standard InChI is InChI=1S/C17H16O4/c1-3-5-7-9-14-20-16(18)12-11-13-17(19)21-15-10-8-6-4-2/h1-2H,5-8,11-13H2. The number of carbonyl (C=O) groups excluding carboxylic acids is 2. The fourth-order valence-electron chi connectivity index (χ4n) is 1.04. The molecule has 21 heavy (non-hydrogen) atoms. The molecule has 0 aromatic carbocycles. The van der Waals surface area contributed by atoms with Crippen LogP contribution in [0.2, 0.25) is 0 Å². The van der Waals surface area contributed by atoms with Crippen molar-refractivity contribution in [3.8, 4) is 48.7 Å². The number of terminal acetylenes is 2. The fraction of sp³-hybridized carbons (Fsp3) is 0.412. The van der Waals surface area contributed by atoms with Crippen molar-refractivity contribution in [2.24, 2.45) is 0 Å². The van der Waals surface area contributed by atoms with Gasteiger partial charge in [-0.25, -0.2) is 0 Å². The third kappa shape index (κ3) is 13.4. The smallest absolute Gasteiger partial charge is 0.319 e. The van der Waals surface area contributed by atoms with Crippen molar-refractivity contribution >= 4 is 11.9 Å². The maximum atomic E-state index is 11.2. The van der Waals surface area contributed by atoms with Crippen LogP contribution >= 0.6 is 0 Å². The van der Waals surface area contributed by atoms with Crippen LogP contribution in [0.15, 0.2) is 0 Å². The summed E-state index contributed by atoms with van der Waals surface area (Å²) in [7, 11) is 0. The van der Waals surface area contributed by atoms with Crippen molar-refractivity contribution in [1.29, 1.82) is 0 Å². The third-order valence-corrected chi connectivity index (χ3v) is 2.02.